The summed E-state index contributed by atoms with van der Waals surface area (Å²) in [4.78, 5) is 56.3. The van der Waals surface area contributed by atoms with Gasteiger partial charge in [-0.1, -0.05) is 61.5 Å². The highest BCUT2D eigenvalue weighted by molar-refractivity contribution is 6.23. The number of amides is 4. The molecule has 56 heavy (non-hydrogen) atoms. The van der Waals surface area contributed by atoms with Crippen LogP contribution in [0.4, 0.5) is 5.69 Å². The van der Waals surface area contributed by atoms with E-state index in [1.807, 2.05) is 24.3 Å². The molecule has 0 bridgehead atoms. The summed E-state index contributed by atoms with van der Waals surface area (Å²) in [6.45, 7) is 6.71. The third-order valence-corrected chi connectivity index (χ3v) is 11.9. The van der Waals surface area contributed by atoms with Gasteiger partial charge in [0.05, 0.1) is 17.2 Å². The summed E-state index contributed by atoms with van der Waals surface area (Å²) in [6.07, 6.45) is 5.60. The topological polar surface area (TPSA) is 119 Å². The Balaban J connectivity index is 0.833. The number of imide groups is 2. The molecule has 4 amide bonds. The van der Waals surface area contributed by atoms with Gasteiger partial charge in [0.25, 0.3) is 11.8 Å². The maximum atomic E-state index is 13.3. The van der Waals surface area contributed by atoms with E-state index in [9.17, 15) is 24.3 Å². The molecule has 3 heterocycles. The lowest BCUT2D eigenvalue weighted by Crippen LogP contribution is -2.54. The Morgan fingerprint density at radius 2 is 1.39 bits per heavy atom. The molecule has 10 heteroatoms. The fourth-order valence-corrected chi connectivity index (χ4v) is 8.84. The van der Waals surface area contributed by atoms with Gasteiger partial charge in [-0.3, -0.25) is 34.3 Å². The maximum absolute atomic E-state index is 13.3. The molecule has 0 spiro atoms. The first-order chi connectivity index (χ1) is 27.2. The smallest absolute Gasteiger partial charge is 0.262 e. The summed E-state index contributed by atoms with van der Waals surface area (Å²) >= 11 is 0. The van der Waals surface area contributed by atoms with Crippen molar-refractivity contribution in [2.45, 2.75) is 64.0 Å². The number of hydrogen-bond acceptors (Lipinski definition) is 8. The van der Waals surface area contributed by atoms with Crippen molar-refractivity contribution in [1.29, 1.82) is 0 Å². The van der Waals surface area contributed by atoms with Gasteiger partial charge >= 0.3 is 0 Å². The van der Waals surface area contributed by atoms with Crippen LogP contribution in [0, 0.1) is 5.92 Å². The molecule has 2 N–H and O–H groups in total. The second-order valence-electron chi connectivity index (χ2n) is 15.4. The fourth-order valence-electron chi connectivity index (χ4n) is 8.84. The van der Waals surface area contributed by atoms with Crippen LogP contribution in [0.3, 0.4) is 0 Å². The summed E-state index contributed by atoms with van der Waals surface area (Å²) in [5, 5.41) is 12.2. The van der Waals surface area contributed by atoms with Crippen LogP contribution < -0.4 is 15.0 Å². The fraction of sp³-hybridized carbons (Fsp3) is 0.348. The van der Waals surface area contributed by atoms with Crippen LogP contribution in [0.25, 0.3) is 11.1 Å². The van der Waals surface area contributed by atoms with E-state index < -0.39 is 23.8 Å². The normalized spacial score (nSPS) is 22.1. The Bertz CT molecular complexity index is 2130. The number of benzene rings is 4. The molecule has 4 aromatic carbocycles. The molecule has 10 nitrogen and oxygen atoms in total. The van der Waals surface area contributed by atoms with Gasteiger partial charge in [-0.25, -0.2) is 0 Å². The van der Waals surface area contributed by atoms with Crippen molar-refractivity contribution in [3.8, 4) is 11.5 Å². The van der Waals surface area contributed by atoms with Crippen LogP contribution >= 0.6 is 0 Å². The number of carbonyl (C=O) groups excluding carboxylic acids is 4. The van der Waals surface area contributed by atoms with Gasteiger partial charge in [0.2, 0.25) is 11.8 Å². The lowest BCUT2D eigenvalue weighted by atomic mass is 9.86. The number of allylic oxidation sites excluding steroid dienone is 1. The van der Waals surface area contributed by atoms with Gasteiger partial charge in [-0.15, -0.1) is 0 Å². The highest BCUT2D eigenvalue weighted by Crippen LogP contribution is 2.37. The zero-order valence-corrected chi connectivity index (χ0v) is 31.8. The van der Waals surface area contributed by atoms with Crippen molar-refractivity contribution in [3.05, 3.63) is 125 Å². The first kappa shape index (κ1) is 37.2. The molecule has 1 aliphatic carbocycles. The number of ether oxygens (including phenoxy) is 1. The molecule has 288 valence electrons. The molecule has 3 aliphatic heterocycles. The largest absolute Gasteiger partial charge is 0.508 e. The molecule has 1 saturated carbocycles. The maximum Gasteiger partial charge on any atom is 0.262 e. The number of piperazine rings is 1. The summed E-state index contributed by atoms with van der Waals surface area (Å²) < 4.78 is 6.53. The third kappa shape index (κ3) is 7.71. The van der Waals surface area contributed by atoms with Gasteiger partial charge in [0.15, 0.2) is 0 Å². The van der Waals surface area contributed by atoms with E-state index in [2.05, 4.69) is 70.6 Å². The number of rotatable bonds is 10. The predicted octanol–water partition coefficient (Wildman–Crippen LogP) is 6.92. The summed E-state index contributed by atoms with van der Waals surface area (Å²) in [5.74, 6) is -0.180. The molecular formula is C46H48N4O6. The zero-order chi connectivity index (χ0) is 38.8. The molecule has 4 aromatic rings. The number of fused-ring (bicyclic) bond motifs is 1. The lowest BCUT2D eigenvalue weighted by Gasteiger charge is -2.39. The zero-order valence-electron chi connectivity index (χ0n) is 31.8. The molecule has 0 aromatic heterocycles. The monoisotopic (exact) mass is 752 g/mol. The van der Waals surface area contributed by atoms with Gasteiger partial charge < -0.3 is 14.7 Å². The molecule has 4 aliphatic rings. The van der Waals surface area contributed by atoms with E-state index >= 15 is 0 Å². The minimum absolute atomic E-state index is 0.0996. The highest BCUT2D eigenvalue weighted by atomic mass is 16.5. The van der Waals surface area contributed by atoms with Crippen LogP contribution in [0.1, 0.15) is 89.3 Å². The molecule has 1 atom stereocenters. The summed E-state index contributed by atoms with van der Waals surface area (Å²) in [7, 11) is 0. The van der Waals surface area contributed by atoms with Crippen molar-refractivity contribution < 1.29 is 29.0 Å². The minimum Gasteiger partial charge on any atom is -0.508 e. The van der Waals surface area contributed by atoms with Crippen LogP contribution in [0.15, 0.2) is 97.1 Å². The Labute approximate surface area is 327 Å². The number of nitrogens with zero attached hydrogens (tertiary/aromatic N) is 3. The second-order valence-corrected chi connectivity index (χ2v) is 15.4. The predicted molar refractivity (Wildman–Crippen MR) is 215 cm³/mol. The van der Waals surface area contributed by atoms with Crippen LogP contribution in [0.5, 0.6) is 11.5 Å². The van der Waals surface area contributed by atoms with Gasteiger partial charge in [0.1, 0.15) is 17.5 Å². The Morgan fingerprint density at radius 3 is 2.05 bits per heavy atom. The second kappa shape index (κ2) is 16.2. The standard InChI is InChI=1S/C46H48N4O6/c1-2-38(31-6-4-3-5-7-31)43(32-10-15-35(51)16-11-32)33-12-19-37(20-13-33)56-36-17-8-30(9-18-36)29-48-24-26-49(27-25-48)34-14-21-39-40(28-34)46(55)50(45(39)54)41-22-23-42(52)47-44(41)53/h3-7,10-16,19-21,28,30,36,41,51H,2,8-9,17-18,22-27,29H2,1H3,(H,47,52,53). The van der Waals surface area contributed by atoms with E-state index in [0.717, 1.165) is 97.9 Å². The molecule has 8 rings (SSSR count). The number of hydrogen-bond donors (Lipinski definition) is 2. The van der Waals surface area contributed by atoms with E-state index in [-0.39, 0.29) is 30.6 Å². The molecule has 3 fully saturated rings. The quantitative estimate of drug-likeness (QED) is 0.132. The number of phenolic OH excluding ortho intramolecular Hbond substituents is 1. The van der Waals surface area contributed by atoms with Gasteiger partial charge in [-0.2, -0.15) is 0 Å². The highest BCUT2D eigenvalue weighted by Gasteiger charge is 2.45. The number of carbonyl (C=O) groups is 4. The molecular weight excluding hydrogens is 705 g/mol. The SMILES string of the molecule is CCC(=C(c1ccc(O)cc1)c1ccc(OC2CCC(CN3CCN(c4ccc5c(c4)C(=O)N(C4CCC(=O)NC4=O)C5=O)CC3)CC2)cc1)c1ccccc1. The van der Waals surface area contributed by atoms with Crippen molar-refractivity contribution in [2.24, 2.45) is 5.92 Å². The molecule has 1 unspecified atom stereocenters. The first-order valence-electron chi connectivity index (χ1n) is 19.9. The lowest BCUT2D eigenvalue weighted by molar-refractivity contribution is -0.136. The van der Waals surface area contributed by atoms with Gasteiger partial charge in [-0.05, 0) is 115 Å². The van der Waals surface area contributed by atoms with E-state index in [0.29, 0.717) is 17.0 Å². The van der Waals surface area contributed by atoms with Gasteiger partial charge in [0, 0.05) is 44.8 Å². The summed E-state index contributed by atoms with van der Waals surface area (Å²) in [6, 6.07) is 30.8. The minimum atomic E-state index is -0.964. The van der Waals surface area contributed by atoms with Crippen molar-refractivity contribution in [2.75, 3.05) is 37.6 Å². The Hall–Kier alpha value is -5.74. The van der Waals surface area contributed by atoms with Crippen LogP contribution in [-0.2, 0) is 9.59 Å². The average molecular weight is 753 g/mol. The number of nitrogens with one attached hydrogen (secondary N) is 1. The number of aromatic hydroxyl groups is 1. The van der Waals surface area contributed by atoms with E-state index in [1.165, 1.54) is 11.1 Å². The van der Waals surface area contributed by atoms with Crippen molar-refractivity contribution in [3.63, 3.8) is 0 Å². The van der Waals surface area contributed by atoms with Crippen molar-refractivity contribution >= 4 is 40.5 Å². The van der Waals surface area contributed by atoms with Crippen LogP contribution in [-0.4, -0.2) is 83.4 Å². The number of anilines is 1. The van der Waals surface area contributed by atoms with Crippen LogP contribution in [0.2, 0.25) is 0 Å². The Morgan fingerprint density at radius 1 is 0.732 bits per heavy atom. The summed E-state index contributed by atoms with van der Waals surface area (Å²) in [5.41, 5.74) is 7.30. The average Bonchev–Trinajstić information content (AvgIpc) is 3.47. The van der Waals surface area contributed by atoms with Crippen molar-refractivity contribution in [1.82, 2.24) is 15.1 Å². The number of piperidine rings is 1. The van der Waals surface area contributed by atoms with E-state index in [4.69, 9.17) is 4.74 Å². The number of phenols is 1. The third-order valence-electron chi connectivity index (χ3n) is 11.9. The van der Waals surface area contributed by atoms with E-state index in [1.54, 1.807) is 24.3 Å². The molecule has 2 saturated heterocycles. The molecule has 0 radical (unpaired) electrons. The Kier molecular flexibility index (Phi) is 10.7. The first-order valence-corrected chi connectivity index (χ1v) is 19.9.